The van der Waals surface area contributed by atoms with E-state index in [0.717, 1.165) is 31.5 Å². The molecule has 1 heterocycles. The van der Waals surface area contributed by atoms with Gasteiger partial charge >= 0.3 is 5.97 Å². The minimum absolute atomic E-state index is 0.180. The van der Waals surface area contributed by atoms with Gasteiger partial charge in [0.05, 0.1) is 16.6 Å². The molecule has 2 rings (SSSR count). The molecule has 0 radical (unpaired) electrons. The second kappa shape index (κ2) is 5.46. The first-order valence-electron chi connectivity index (χ1n) is 5.93. The van der Waals surface area contributed by atoms with Gasteiger partial charge in [-0.3, -0.25) is 4.90 Å². The molecular weight excluding hydrogens is 248 g/mol. The molecule has 0 aromatic heterocycles. The summed E-state index contributed by atoms with van der Waals surface area (Å²) in [4.78, 5) is 13.6. The van der Waals surface area contributed by atoms with E-state index in [9.17, 15) is 4.79 Å². The van der Waals surface area contributed by atoms with Crippen molar-refractivity contribution in [3.05, 3.63) is 35.4 Å². The van der Waals surface area contributed by atoms with Gasteiger partial charge in [0.2, 0.25) is 0 Å². The molecule has 3 N–H and O–H groups in total. The second-order valence-electron chi connectivity index (χ2n) is 4.53. The number of carboxylic acids is 1. The minimum atomic E-state index is -0.899. The highest BCUT2D eigenvalue weighted by Crippen LogP contribution is 2.20. The van der Waals surface area contributed by atoms with Crippen LogP contribution in [0.5, 0.6) is 0 Å². The minimum Gasteiger partial charge on any atom is -0.478 e. The molecule has 1 atom stereocenters. The molecule has 0 aliphatic carbocycles. The number of carbonyl (C=O) groups is 1. The van der Waals surface area contributed by atoms with Crippen LogP contribution in [0.4, 0.5) is 0 Å². The Bertz CT molecular complexity index is 459. The molecule has 1 aromatic rings. The summed E-state index contributed by atoms with van der Waals surface area (Å²) in [7, 11) is 0. The van der Waals surface area contributed by atoms with Crippen LogP contribution in [-0.2, 0) is 6.54 Å². The van der Waals surface area contributed by atoms with Crippen LogP contribution in [0.1, 0.15) is 28.8 Å². The van der Waals surface area contributed by atoms with Gasteiger partial charge in [-0.05, 0) is 37.1 Å². The van der Waals surface area contributed by atoms with Crippen LogP contribution >= 0.6 is 12.2 Å². The highest BCUT2D eigenvalue weighted by atomic mass is 32.1. The number of benzene rings is 1. The van der Waals surface area contributed by atoms with E-state index in [1.54, 1.807) is 12.1 Å². The third-order valence-corrected chi connectivity index (χ3v) is 3.55. The van der Waals surface area contributed by atoms with Gasteiger partial charge < -0.3 is 10.8 Å². The van der Waals surface area contributed by atoms with E-state index < -0.39 is 5.97 Å². The third kappa shape index (κ3) is 2.86. The molecule has 1 aromatic carbocycles. The molecule has 5 heteroatoms. The van der Waals surface area contributed by atoms with Gasteiger partial charge in [0, 0.05) is 6.54 Å². The van der Waals surface area contributed by atoms with Crippen LogP contribution in [0.2, 0.25) is 0 Å². The summed E-state index contributed by atoms with van der Waals surface area (Å²) in [5.74, 6) is -0.899. The number of thiocarbonyl (C=S) groups is 1. The Balaban J connectivity index is 2.05. The molecular formula is C13H16N2O2S. The maximum Gasteiger partial charge on any atom is 0.335 e. The molecule has 0 saturated carbocycles. The summed E-state index contributed by atoms with van der Waals surface area (Å²) < 4.78 is 0. The largest absolute Gasteiger partial charge is 0.478 e. The van der Waals surface area contributed by atoms with Crippen molar-refractivity contribution < 1.29 is 9.90 Å². The van der Waals surface area contributed by atoms with Crippen LogP contribution < -0.4 is 5.73 Å². The number of carboxylic acid groups (broad SMARTS) is 1. The van der Waals surface area contributed by atoms with E-state index in [-0.39, 0.29) is 6.04 Å². The second-order valence-corrected chi connectivity index (χ2v) is 5.00. The van der Waals surface area contributed by atoms with Crippen LogP contribution in [0.15, 0.2) is 24.3 Å². The first-order valence-corrected chi connectivity index (χ1v) is 6.34. The average Bonchev–Trinajstić information content (AvgIpc) is 2.78. The number of nitrogens with zero attached hydrogens (tertiary/aromatic N) is 1. The van der Waals surface area contributed by atoms with Gasteiger partial charge in [-0.25, -0.2) is 4.79 Å². The molecule has 0 amide bonds. The molecule has 1 aliphatic heterocycles. The maximum atomic E-state index is 10.8. The van der Waals surface area contributed by atoms with E-state index in [4.69, 9.17) is 23.1 Å². The fourth-order valence-corrected chi connectivity index (χ4v) is 2.59. The van der Waals surface area contributed by atoms with Crippen molar-refractivity contribution in [3.63, 3.8) is 0 Å². The lowest BCUT2D eigenvalue weighted by atomic mass is 10.1. The Morgan fingerprint density at radius 1 is 1.44 bits per heavy atom. The van der Waals surface area contributed by atoms with Crippen molar-refractivity contribution in [2.45, 2.75) is 25.4 Å². The van der Waals surface area contributed by atoms with Gasteiger partial charge in [0.25, 0.3) is 0 Å². The van der Waals surface area contributed by atoms with Gasteiger partial charge in [-0.15, -0.1) is 0 Å². The Morgan fingerprint density at radius 2 is 2.11 bits per heavy atom. The zero-order chi connectivity index (χ0) is 13.1. The summed E-state index contributed by atoms with van der Waals surface area (Å²) >= 11 is 5.06. The lowest BCUT2D eigenvalue weighted by Crippen LogP contribution is -2.38. The van der Waals surface area contributed by atoms with Crippen molar-refractivity contribution in [3.8, 4) is 0 Å². The van der Waals surface area contributed by atoms with E-state index in [1.807, 2.05) is 12.1 Å². The van der Waals surface area contributed by atoms with Crippen LogP contribution in [0, 0.1) is 0 Å². The Hall–Kier alpha value is -1.46. The molecule has 1 saturated heterocycles. The fourth-order valence-electron chi connectivity index (χ4n) is 2.32. The smallest absolute Gasteiger partial charge is 0.335 e. The third-order valence-electron chi connectivity index (χ3n) is 3.28. The summed E-state index contributed by atoms with van der Waals surface area (Å²) in [5.41, 5.74) is 7.12. The van der Waals surface area contributed by atoms with Crippen molar-refractivity contribution >= 4 is 23.2 Å². The van der Waals surface area contributed by atoms with Crippen LogP contribution in [0.3, 0.4) is 0 Å². The number of rotatable bonds is 4. The van der Waals surface area contributed by atoms with E-state index in [0.29, 0.717) is 10.6 Å². The normalized spacial score (nSPS) is 19.9. The number of hydrogen-bond acceptors (Lipinski definition) is 3. The van der Waals surface area contributed by atoms with Crippen LogP contribution in [0.25, 0.3) is 0 Å². The predicted octanol–water partition coefficient (Wildman–Crippen LogP) is 1.64. The van der Waals surface area contributed by atoms with E-state index >= 15 is 0 Å². The summed E-state index contributed by atoms with van der Waals surface area (Å²) in [6.07, 6.45) is 2.12. The van der Waals surface area contributed by atoms with Gasteiger partial charge in [0.15, 0.2) is 0 Å². The summed E-state index contributed by atoms with van der Waals surface area (Å²) in [6.45, 7) is 1.75. The molecule has 1 unspecified atom stereocenters. The molecule has 0 spiro atoms. The van der Waals surface area contributed by atoms with Gasteiger partial charge in [-0.2, -0.15) is 0 Å². The number of hydrogen-bond donors (Lipinski definition) is 2. The molecule has 18 heavy (non-hydrogen) atoms. The van der Waals surface area contributed by atoms with Crippen LogP contribution in [-0.4, -0.2) is 33.6 Å². The topological polar surface area (TPSA) is 66.6 Å². The molecule has 4 nitrogen and oxygen atoms in total. The standard InChI is InChI=1S/C13H16N2O2S/c14-12(18)11-2-1-7-15(11)8-9-3-5-10(6-4-9)13(16)17/h3-6,11H,1-2,7-8H2,(H2,14,18)(H,16,17). The lowest BCUT2D eigenvalue weighted by molar-refractivity contribution is 0.0697. The Kier molecular flexibility index (Phi) is 3.93. The number of aromatic carboxylic acids is 1. The van der Waals surface area contributed by atoms with Gasteiger partial charge in [-0.1, -0.05) is 24.4 Å². The van der Waals surface area contributed by atoms with Crippen molar-refractivity contribution in [1.29, 1.82) is 0 Å². The first-order chi connectivity index (χ1) is 8.58. The first kappa shape index (κ1) is 13.0. The van der Waals surface area contributed by atoms with Gasteiger partial charge in [0.1, 0.15) is 0 Å². The molecule has 96 valence electrons. The highest BCUT2D eigenvalue weighted by Gasteiger charge is 2.26. The molecule has 1 aliphatic rings. The Labute approximate surface area is 111 Å². The lowest BCUT2D eigenvalue weighted by Gasteiger charge is -2.23. The van der Waals surface area contributed by atoms with Crippen molar-refractivity contribution in [1.82, 2.24) is 4.90 Å². The predicted molar refractivity (Wildman–Crippen MR) is 73.6 cm³/mol. The SMILES string of the molecule is NC(=S)C1CCCN1Cc1ccc(C(=O)O)cc1. The monoisotopic (exact) mass is 264 g/mol. The average molecular weight is 264 g/mol. The van der Waals surface area contributed by atoms with Crippen molar-refractivity contribution in [2.75, 3.05) is 6.54 Å². The molecule has 0 bridgehead atoms. The molecule has 1 fully saturated rings. The zero-order valence-corrected chi connectivity index (χ0v) is 10.8. The van der Waals surface area contributed by atoms with E-state index in [1.165, 1.54) is 0 Å². The quantitative estimate of drug-likeness (QED) is 0.809. The summed E-state index contributed by atoms with van der Waals surface area (Å²) in [5, 5.41) is 8.83. The number of nitrogens with two attached hydrogens (primary N) is 1. The highest BCUT2D eigenvalue weighted by molar-refractivity contribution is 7.80. The Morgan fingerprint density at radius 3 is 2.67 bits per heavy atom. The van der Waals surface area contributed by atoms with Crippen molar-refractivity contribution in [2.24, 2.45) is 5.73 Å². The summed E-state index contributed by atoms with van der Waals surface area (Å²) in [6, 6.07) is 7.13. The van der Waals surface area contributed by atoms with E-state index in [2.05, 4.69) is 4.90 Å². The zero-order valence-electron chi connectivity index (χ0n) is 10.0. The number of likely N-dealkylation sites (tertiary alicyclic amines) is 1. The fraction of sp³-hybridized carbons (Fsp3) is 0.385. The maximum absolute atomic E-state index is 10.8.